The SMILES string of the molecule is O=C(Nc1ccc(Cl)c(S(=O)(=O)N2CCOCC2)c1)C1COc2ccccc2C1. The molecule has 0 spiro atoms. The molecule has 1 saturated heterocycles. The van der Waals surface area contributed by atoms with Crippen molar-refractivity contribution < 1.29 is 22.7 Å². The highest BCUT2D eigenvalue weighted by molar-refractivity contribution is 7.89. The molecule has 1 amide bonds. The van der Waals surface area contributed by atoms with E-state index < -0.39 is 10.0 Å². The monoisotopic (exact) mass is 436 g/mol. The molecule has 1 fully saturated rings. The number of morpholine rings is 1. The summed E-state index contributed by atoms with van der Waals surface area (Å²) < 4.78 is 38.1. The lowest BCUT2D eigenvalue weighted by Gasteiger charge is -2.27. The van der Waals surface area contributed by atoms with Crippen molar-refractivity contribution in [1.29, 1.82) is 0 Å². The first kappa shape index (κ1) is 20.2. The third-order valence-electron chi connectivity index (χ3n) is 5.04. The molecule has 0 radical (unpaired) electrons. The van der Waals surface area contributed by atoms with Crippen LogP contribution in [0.4, 0.5) is 5.69 Å². The van der Waals surface area contributed by atoms with Crippen molar-refractivity contribution in [1.82, 2.24) is 4.31 Å². The summed E-state index contributed by atoms with van der Waals surface area (Å²) in [6.45, 7) is 1.50. The maximum absolute atomic E-state index is 12.9. The minimum atomic E-state index is -3.77. The third kappa shape index (κ3) is 4.25. The van der Waals surface area contributed by atoms with Gasteiger partial charge in [-0.1, -0.05) is 29.8 Å². The molecule has 2 aromatic rings. The predicted octanol–water partition coefficient (Wildman–Crippen LogP) is 2.55. The van der Waals surface area contributed by atoms with E-state index in [9.17, 15) is 13.2 Å². The lowest BCUT2D eigenvalue weighted by atomic mass is 9.96. The Morgan fingerprint density at radius 3 is 2.69 bits per heavy atom. The first-order valence-electron chi connectivity index (χ1n) is 9.34. The molecule has 9 heteroatoms. The fourth-order valence-corrected chi connectivity index (χ4v) is 5.35. The topological polar surface area (TPSA) is 84.9 Å². The van der Waals surface area contributed by atoms with E-state index in [-0.39, 0.29) is 41.4 Å². The largest absolute Gasteiger partial charge is 0.492 e. The van der Waals surface area contributed by atoms with Gasteiger partial charge in [0.15, 0.2) is 0 Å². The van der Waals surface area contributed by atoms with Gasteiger partial charge in [-0.25, -0.2) is 8.42 Å². The van der Waals surface area contributed by atoms with Crippen LogP contribution >= 0.6 is 11.6 Å². The standard InChI is InChI=1S/C20H21ClN2O5S/c21-17-6-5-16(12-19(17)29(25,26)23-7-9-27-10-8-23)22-20(24)15-11-14-3-1-2-4-18(14)28-13-15/h1-6,12,15H,7-11,13H2,(H,22,24). The average molecular weight is 437 g/mol. The van der Waals surface area contributed by atoms with E-state index in [1.807, 2.05) is 24.3 Å². The number of ether oxygens (including phenoxy) is 2. The van der Waals surface area contributed by atoms with Crippen molar-refractivity contribution >= 4 is 33.2 Å². The second-order valence-electron chi connectivity index (χ2n) is 6.97. The number of anilines is 1. The van der Waals surface area contributed by atoms with Crippen LogP contribution in [0.3, 0.4) is 0 Å². The Morgan fingerprint density at radius 1 is 1.14 bits per heavy atom. The summed E-state index contributed by atoms with van der Waals surface area (Å²) in [5, 5.41) is 2.92. The van der Waals surface area contributed by atoms with Crippen LogP contribution in [0.2, 0.25) is 5.02 Å². The molecule has 0 saturated carbocycles. The number of nitrogens with zero attached hydrogens (tertiary/aromatic N) is 1. The summed E-state index contributed by atoms with van der Waals surface area (Å²) in [6, 6.07) is 12.1. The second-order valence-corrected chi connectivity index (χ2v) is 9.28. The van der Waals surface area contributed by atoms with Gasteiger partial charge in [0.05, 0.1) is 24.2 Å². The summed E-state index contributed by atoms with van der Waals surface area (Å²) in [5.74, 6) is 0.207. The van der Waals surface area contributed by atoms with Crippen LogP contribution in [-0.2, 0) is 26.0 Å². The maximum Gasteiger partial charge on any atom is 0.244 e. The Balaban J connectivity index is 1.51. The zero-order chi connectivity index (χ0) is 20.4. The number of hydrogen-bond donors (Lipinski definition) is 1. The van der Waals surface area contributed by atoms with Gasteiger partial charge in [0.25, 0.3) is 0 Å². The van der Waals surface area contributed by atoms with E-state index in [1.165, 1.54) is 16.4 Å². The van der Waals surface area contributed by atoms with Crippen molar-refractivity contribution in [3.63, 3.8) is 0 Å². The number of halogens is 1. The Hall–Kier alpha value is -2.13. The lowest BCUT2D eigenvalue weighted by molar-refractivity contribution is -0.121. The average Bonchev–Trinajstić information content (AvgIpc) is 2.75. The van der Waals surface area contributed by atoms with Gasteiger partial charge < -0.3 is 14.8 Å². The molecule has 1 atom stereocenters. The minimum Gasteiger partial charge on any atom is -0.492 e. The molecule has 2 aliphatic heterocycles. The third-order valence-corrected chi connectivity index (χ3v) is 7.42. The molecule has 0 aliphatic carbocycles. The number of benzene rings is 2. The van der Waals surface area contributed by atoms with E-state index in [0.717, 1.165) is 11.3 Å². The van der Waals surface area contributed by atoms with Crippen LogP contribution in [0.25, 0.3) is 0 Å². The number of hydrogen-bond acceptors (Lipinski definition) is 5. The van der Waals surface area contributed by atoms with Crippen LogP contribution in [0.15, 0.2) is 47.4 Å². The van der Waals surface area contributed by atoms with Crippen molar-refractivity contribution in [2.75, 3.05) is 38.2 Å². The van der Waals surface area contributed by atoms with Crippen molar-refractivity contribution in [2.45, 2.75) is 11.3 Å². The van der Waals surface area contributed by atoms with Gasteiger partial charge >= 0.3 is 0 Å². The van der Waals surface area contributed by atoms with Gasteiger partial charge in [-0.2, -0.15) is 4.31 Å². The van der Waals surface area contributed by atoms with E-state index in [4.69, 9.17) is 21.1 Å². The molecular weight excluding hydrogens is 416 g/mol. The zero-order valence-electron chi connectivity index (χ0n) is 15.6. The van der Waals surface area contributed by atoms with Crippen molar-refractivity contribution in [2.24, 2.45) is 5.92 Å². The molecule has 2 aromatic carbocycles. The van der Waals surface area contributed by atoms with Crippen LogP contribution in [0.5, 0.6) is 5.75 Å². The maximum atomic E-state index is 12.9. The number of amides is 1. The molecule has 2 heterocycles. The molecule has 7 nitrogen and oxygen atoms in total. The number of fused-ring (bicyclic) bond motifs is 1. The molecule has 1 N–H and O–H groups in total. The Morgan fingerprint density at radius 2 is 1.90 bits per heavy atom. The number of rotatable bonds is 4. The molecule has 29 heavy (non-hydrogen) atoms. The Labute approximate surface area is 174 Å². The minimum absolute atomic E-state index is 0.0240. The van der Waals surface area contributed by atoms with Crippen molar-refractivity contribution in [3.05, 3.63) is 53.1 Å². The summed E-state index contributed by atoms with van der Waals surface area (Å²) >= 11 is 6.17. The number of carbonyl (C=O) groups excluding carboxylic acids is 1. The van der Waals surface area contributed by atoms with E-state index >= 15 is 0 Å². The van der Waals surface area contributed by atoms with Gasteiger partial charge in [-0.15, -0.1) is 0 Å². The summed E-state index contributed by atoms with van der Waals surface area (Å²) in [5.41, 5.74) is 1.36. The normalized spacial score (nSPS) is 19.8. The van der Waals surface area contributed by atoms with Gasteiger partial charge in [0, 0.05) is 18.8 Å². The number of sulfonamides is 1. The van der Waals surface area contributed by atoms with Gasteiger partial charge in [0.2, 0.25) is 15.9 Å². The quantitative estimate of drug-likeness (QED) is 0.796. The summed E-state index contributed by atoms with van der Waals surface area (Å²) in [4.78, 5) is 12.7. The summed E-state index contributed by atoms with van der Waals surface area (Å²) in [7, 11) is -3.77. The van der Waals surface area contributed by atoms with Crippen LogP contribution in [-0.4, -0.2) is 51.5 Å². The van der Waals surface area contributed by atoms with Crippen LogP contribution in [0.1, 0.15) is 5.56 Å². The van der Waals surface area contributed by atoms with E-state index in [2.05, 4.69) is 5.32 Å². The van der Waals surface area contributed by atoms with Gasteiger partial charge in [0.1, 0.15) is 17.3 Å². The Kier molecular flexibility index (Phi) is 5.78. The van der Waals surface area contributed by atoms with Crippen LogP contribution < -0.4 is 10.1 Å². The predicted molar refractivity (Wildman–Crippen MR) is 109 cm³/mol. The molecule has 2 aliphatic rings. The fourth-order valence-electron chi connectivity index (χ4n) is 3.45. The summed E-state index contributed by atoms with van der Waals surface area (Å²) in [6.07, 6.45) is 0.564. The molecule has 154 valence electrons. The van der Waals surface area contributed by atoms with Gasteiger partial charge in [-0.05, 0) is 36.2 Å². The number of carbonyl (C=O) groups is 1. The molecule has 1 unspecified atom stereocenters. The lowest BCUT2D eigenvalue weighted by Crippen LogP contribution is -2.40. The molecule has 0 bridgehead atoms. The number of para-hydroxylation sites is 1. The first-order valence-corrected chi connectivity index (χ1v) is 11.2. The molecule has 0 aromatic heterocycles. The highest BCUT2D eigenvalue weighted by Gasteiger charge is 2.30. The van der Waals surface area contributed by atoms with Crippen molar-refractivity contribution in [3.8, 4) is 5.75 Å². The Bertz CT molecular complexity index is 1020. The highest BCUT2D eigenvalue weighted by atomic mass is 35.5. The smallest absolute Gasteiger partial charge is 0.244 e. The molecular formula is C20H21ClN2O5S. The van der Waals surface area contributed by atoms with Crippen LogP contribution in [0, 0.1) is 5.92 Å². The first-order chi connectivity index (χ1) is 13.9. The fraction of sp³-hybridized carbons (Fsp3) is 0.350. The van der Waals surface area contributed by atoms with E-state index in [1.54, 1.807) is 6.07 Å². The molecule has 4 rings (SSSR count). The highest BCUT2D eigenvalue weighted by Crippen LogP contribution is 2.30. The van der Waals surface area contributed by atoms with Gasteiger partial charge in [-0.3, -0.25) is 4.79 Å². The van der Waals surface area contributed by atoms with E-state index in [0.29, 0.717) is 25.3 Å². The second kappa shape index (κ2) is 8.31. The zero-order valence-corrected chi connectivity index (χ0v) is 17.2. The number of nitrogens with one attached hydrogen (secondary N) is 1.